The maximum absolute atomic E-state index is 10.9. The van der Waals surface area contributed by atoms with Gasteiger partial charge in [0.25, 0.3) is 0 Å². The summed E-state index contributed by atoms with van der Waals surface area (Å²) in [6.45, 7) is 0.197. The first-order valence-corrected chi connectivity index (χ1v) is 3.70. The van der Waals surface area contributed by atoms with Crippen LogP contribution in [0.2, 0.25) is 0 Å². The first-order valence-electron chi connectivity index (χ1n) is 3.70. The Morgan fingerprint density at radius 3 is 2.69 bits per heavy atom. The number of nitriles is 1. The topological polar surface area (TPSA) is 116 Å². The quantitative estimate of drug-likeness (QED) is 0.466. The van der Waals surface area contributed by atoms with Crippen LogP contribution in [0.5, 0.6) is 0 Å². The number of hydrogen-bond donors (Lipinski definition) is 3. The van der Waals surface area contributed by atoms with Crippen molar-refractivity contribution in [3.63, 3.8) is 0 Å². The van der Waals surface area contributed by atoms with E-state index >= 15 is 0 Å². The number of nitrogens with one attached hydrogen (secondary N) is 1. The fourth-order valence-electron chi connectivity index (χ4n) is 0.654. The number of carboxylic acids is 1. The molecule has 1 amide bonds. The molecule has 0 aliphatic heterocycles. The summed E-state index contributed by atoms with van der Waals surface area (Å²) in [5, 5.41) is 18.8. The van der Waals surface area contributed by atoms with Gasteiger partial charge in [-0.25, -0.2) is 0 Å². The summed E-state index contributed by atoms with van der Waals surface area (Å²) in [4.78, 5) is 21.1. The van der Waals surface area contributed by atoms with Crippen molar-refractivity contribution in [2.24, 2.45) is 5.73 Å². The van der Waals surface area contributed by atoms with Gasteiger partial charge in [-0.1, -0.05) is 0 Å². The average Bonchev–Trinajstić information content (AvgIpc) is 2.03. The van der Waals surface area contributed by atoms with E-state index in [0.717, 1.165) is 0 Å². The van der Waals surface area contributed by atoms with Crippen LogP contribution < -0.4 is 11.1 Å². The molecule has 1 unspecified atom stereocenters. The van der Waals surface area contributed by atoms with Gasteiger partial charge in [-0.15, -0.1) is 0 Å². The van der Waals surface area contributed by atoms with E-state index in [1.54, 1.807) is 0 Å². The van der Waals surface area contributed by atoms with E-state index in [-0.39, 0.29) is 13.0 Å². The van der Waals surface area contributed by atoms with Crippen molar-refractivity contribution in [1.82, 2.24) is 5.32 Å². The summed E-state index contributed by atoms with van der Waals surface area (Å²) >= 11 is 0. The van der Waals surface area contributed by atoms with Crippen molar-refractivity contribution in [2.75, 3.05) is 6.54 Å². The van der Waals surface area contributed by atoms with Gasteiger partial charge in [0.1, 0.15) is 0 Å². The molecule has 0 heterocycles. The minimum Gasteiger partial charge on any atom is -0.481 e. The van der Waals surface area contributed by atoms with E-state index in [2.05, 4.69) is 5.32 Å². The molecule has 0 aromatic heterocycles. The van der Waals surface area contributed by atoms with Gasteiger partial charge < -0.3 is 16.2 Å². The molecule has 0 bridgehead atoms. The van der Waals surface area contributed by atoms with Crippen LogP contribution >= 0.6 is 0 Å². The monoisotopic (exact) mass is 185 g/mol. The van der Waals surface area contributed by atoms with Crippen LogP contribution in [0.3, 0.4) is 0 Å². The van der Waals surface area contributed by atoms with Gasteiger partial charge in [-0.05, 0) is 0 Å². The van der Waals surface area contributed by atoms with E-state index in [1.165, 1.54) is 0 Å². The van der Waals surface area contributed by atoms with Crippen molar-refractivity contribution in [1.29, 1.82) is 5.26 Å². The Hall–Kier alpha value is -1.61. The lowest BCUT2D eigenvalue weighted by Crippen LogP contribution is -2.42. The molecule has 0 aliphatic carbocycles. The third-order valence-corrected chi connectivity index (χ3v) is 1.27. The third-order valence-electron chi connectivity index (χ3n) is 1.27. The van der Waals surface area contributed by atoms with E-state index < -0.39 is 24.3 Å². The molecule has 6 nitrogen and oxygen atoms in total. The molecule has 0 rings (SSSR count). The Bertz CT molecular complexity index is 234. The predicted octanol–water partition coefficient (Wildman–Crippen LogP) is -1.18. The lowest BCUT2D eigenvalue weighted by Gasteiger charge is -2.08. The van der Waals surface area contributed by atoms with Crippen LogP contribution in [0.4, 0.5) is 0 Å². The Balaban J connectivity index is 3.71. The van der Waals surface area contributed by atoms with E-state index in [9.17, 15) is 9.59 Å². The normalized spacial score (nSPS) is 11.4. The molecule has 1 atom stereocenters. The van der Waals surface area contributed by atoms with Crippen molar-refractivity contribution >= 4 is 11.9 Å². The minimum atomic E-state index is -1.12. The number of carbonyl (C=O) groups excluding carboxylic acids is 1. The summed E-state index contributed by atoms with van der Waals surface area (Å²) in [7, 11) is 0. The summed E-state index contributed by atoms with van der Waals surface area (Å²) in [5.74, 6) is -1.67. The number of carboxylic acid groups (broad SMARTS) is 1. The molecular formula is C7H11N3O3. The molecule has 0 aromatic rings. The van der Waals surface area contributed by atoms with Gasteiger partial charge in [0.05, 0.1) is 25.0 Å². The highest BCUT2D eigenvalue weighted by Crippen LogP contribution is 1.88. The number of nitrogens with two attached hydrogens (primary N) is 1. The molecule has 4 N–H and O–H groups in total. The number of amides is 1. The Morgan fingerprint density at radius 1 is 1.62 bits per heavy atom. The number of nitrogens with zero attached hydrogens (tertiary/aromatic N) is 1. The highest BCUT2D eigenvalue weighted by Gasteiger charge is 2.15. The zero-order valence-corrected chi connectivity index (χ0v) is 6.99. The van der Waals surface area contributed by atoms with Crippen molar-refractivity contribution in [2.45, 2.75) is 18.9 Å². The van der Waals surface area contributed by atoms with Gasteiger partial charge in [0.15, 0.2) is 0 Å². The molecule has 0 saturated heterocycles. The Labute approximate surface area is 75.3 Å². The maximum Gasteiger partial charge on any atom is 0.305 e. The first-order chi connectivity index (χ1) is 6.07. The summed E-state index contributed by atoms with van der Waals surface area (Å²) in [5.41, 5.74) is 5.22. The zero-order chi connectivity index (χ0) is 10.3. The second kappa shape index (κ2) is 5.97. The fraction of sp³-hybridized carbons (Fsp3) is 0.571. The van der Waals surface area contributed by atoms with Crippen molar-refractivity contribution in [3.8, 4) is 6.07 Å². The number of aliphatic carboxylic acids is 1. The van der Waals surface area contributed by atoms with Crippen LogP contribution in [0.15, 0.2) is 0 Å². The molecule has 0 radical (unpaired) electrons. The second-order valence-electron chi connectivity index (χ2n) is 2.40. The van der Waals surface area contributed by atoms with Crippen molar-refractivity contribution in [3.05, 3.63) is 0 Å². The van der Waals surface area contributed by atoms with Gasteiger partial charge in [-0.3, -0.25) is 9.59 Å². The molecular weight excluding hydrogens is 174 g/mol. The number of rotatable bonds is 5. The molecule has 0 saturated carbocycles. The van der Waals surface area contributed by atoms with Gasteiger partial charge in [0, 0.05) is 6.54 Å². The summed E-state index contributed by atoms with van der Waals surface area (Å²) in [6, 6.07) is 0.786. The van der Waals surface area contributed by atoms with E-state index in [0.29, 0.717) is 0 Å². The second-order valence-corrected chi connectivity index (χ2v) is 2.40. The molecule has 0 aliphatic rings. The van der Waals surface area contributed by atoms with E-state index in [1.807, 2.05) is 6.07 Å². The highest BCUT2D eigenvalue weighted by molar-refractivity contribution is 5.85. The van der Waals surface area contributed by atoms with Crippen LogP contribution in [0, 0.1) is 11.3 Å². The van der Waals surface area contributed by atoms with Crippen LogP contribution in [0.25, 0.3) is 0 Å². The molecule has 6 heteroatoms. The van der Waals surface area contributed by atoms with Gasteiger partial charge in [0.2, 0.25) is 5.91 Å². The zero-order valence-electron chi connectivity index (χ0n) is 6.99. The first kappa shape index (κ1) is 11.4. The Morgan fingerprint density at radius 2 is 2.23 bits per heavy atom. The fourth-order valence-corrected chi connectivity index (χ4v) is 0.654. The standard InChI is InChI=1S/C7H11N3O3/c8-2-1-3-10-7(13)5(9)4-6(11)12/h5H,1,3-4,9H2,(H,10,13)(H,11,12). The predicted molar refractivity (Wildman–Crippen MR) is 43.5 cm³/mol. The maximum atomic E-state index is 10.9. The molecule has 0 fully saturated rings. The Kier molecular flexibility index (Phi) is 5.23. The van der Waals surface area contributed by atoms with Gasteiger partial charge in [-0.2, -0.15) is 5.26 Å². The highest BCUT2D eigenvalue weighted by atomic mass is 16.4. The van der Waals surface area contributed by atoms with Crippen LogP contribution in [0.1, 0.15) is 12.8 Å². The molecule has 0 spiro atoms. The smallest absolute Gasteiger partial charge is 0.305 e. The number of hydrogen-bond acceptors (Lipinski definition) is 4. The lowest BCUT2D eigenvalue weighted by atomic mass is 10.2. The largest absolute Gasteiger partial charge is 0.481 e. The van der Waals surface area contributed by atoms with Crippen LogP contribution in [-0.4, -0.2) is 29.6 Å². The average molecular weight is 185 g/mol. The number of carbonyl (C=O) groups is 2. The summed E-state index contributed by atoms with van der Waals surface area (Å²) in [6.07, 6.45) is -0.218. The minimum absolute atomic E-state index is 0.186. The molecule has 13 heavy (non-hydrogen) atoms. The van der Waals surface area contributed by atoms with Gasteiger partial charge >= 0.3 is 5.97 Å². The third kappa shape index (κ3) is 5.64. The van der Waals surface area contributed by atoms with Crippen LogP contribution in [-0.2, 0) is 9.59 Å². The SMILES string of the molecule is N#CCCNC(=O)C(N)CC(=O)O. The molecule has 72 valence electrons. The summed E-state index contributed by atoms with van der Waals surface area (Å²) < 4.78 is 0. The van der Waals surface area contributed by atoms with Crippen molar-refractivity contribution < 1.29 is 14.7 Å². The lowest BCUT2D eigenvalue weighted by molar-refractivity contribution is -0.139. The molecule has 0 aromatic carbocycles. The van der Waals surface area contributed by atoms with E-state index in [4.69, 9.17) is 16.1 Å².